The largest absolute Gasteiger partial charge is 0.616 e. The monoisotopic (exact) mass is 176 g/mol. The van der Waals surface area contributed by atoms with E-state index in [9.17, 15) is 4.55 Å². The van der Waals surface area contributed by atoms with E-state index in [0.29, 0.717) is 6.10 Å². The fourth-order valence-electron chi connectivity index (χ4n) is 1.46. The predicted molar refractivity (Wildman–Crippen MR) is 47.1 cm³/mol. The second-order valence-corrected chi connectivity index (χ2v) is 5.86. The van der Waals surface area contributed by atoms with Crippen molar-refractivity contribution < 1.29 is 9.29 Å². The molecule has 1 saturated heterocycles. The van der Waals surface area contributed by atoms with Crippen molar-refractivity contribution in [3.63, 3.8) is 0 Å². The van der Waals surface area contributed by atoms with Crippen LogP contribution in [0, 0.1) is 0 Å². The van der Waals surface area contributed by atoms with Crippen LogP contribution in [-0.2, 0) is 15.9 Å². The molecule has 0 spiro atoms. The number of hydrogen-bond donors (Lipinski definition) is 0. The molecule has 0 aromatic rings. The first-order valence-corrected chi connectivity index (χ1v) is 5.29. The quantitative estimate of drug-likeness (QED) is 0.564. The summed E-state index contributed by atoms with van der Waals surface area (Å²) in [7, 11) is 1.73. The molecule has 0 aromatic carbocycles. The molecule has 0 aromatic heterocycles. The Morgan fingerprint density at radius 3 is 2.64 bits per heavy atom. The van der Waals surface area contributed by atoms with Gasteiger partial charge < -0.3 is 9.29 Å². The minimum atomic E-state index is -0.653. The zero-order chi connectivity index (χ0) is 8.48. The highest BCUT2D eigenvalue weighted by Crippen LogP contribution is 2.31. The lowest BCUT2D eigenvalue weighted by Gasteiger charge is -2.36. The molecule has 1 fully saturated rings. The smallest absolute Gasteiger partial charge is 0.122 e. The molecule has 2 unspecified atom stereocenters. The molecular formula is C8H16O2S. The normalized spacial score (nSPS) is 37.1. The molecule has 0 amide bonds. The van der Waals surface area contributed by atoms with Gasteiger partial charge in [-0.25, -0.2) is 0 Å². The van der Waals surface area contributed by atoms with Gasteiger partial charge in [-0.3, -0.25) is 0 Å². The summed E-state index contributed by atoms with van der Waals surface area (Å²) in [6.07, 6.45) is 2.20. The van der Waals surface area contributed by atoms with E-state index in [1.54, 1.807) is 7.11 Å². The van der Waals surface area contributed by atoms with Crippen molar-refractivity contribution in [1.29, 1.82) is 0 Å². The predicted octanol–water partition coefficient (Wildman–Crippen LogP) is 1.32. The van der Waals surface area contributed by atoms with Crippen LogP contribution in [0.4, 0.5) is 0 Å². The van der Waals surface area contributed by atoms with Crippen LogP contribution in [-0.4, -0.2) is 28.3 Å². The van der Waals surface area contributed by atoms with Gasteiger partial charge in [0.1, 0.15) is 10.5 Å². The van der Waals surface area contributed by atoms with Crippen molar-refractivity contribution in [2.24, 2.45) is 0 Å². The van der Waals surface area contributed by atoms with E-state index in [1.165, 1.54) is 0 Å². The third-order valence-corrected chi connectivity index (χ3v) is 4.30. The molecule has 0 radical (unpaired) electrons. The third-order valence-electron chi connectivity index (χ3n) is 2.29. The Morgan fingerprint density at radius 1 is 1.55 bits per heavy atom. The second-order valence-electron chi connectivity index (χ2n) is 3.66. The molecule has 1 aliphatic heterocycles. The first-order valence-electron chi connectivity index (χ1n) is 3.97. The van der Waals surface area contributed by atoms with E-state index in [-0.39, 0.29) is 4.75 Å². The van der Waals surface area contributed by atoms with Gasteiger partial charge in [0, 0.05) is 20.0 Å². The Morgan fingerprint density at radius 2 is 2.18 bits per heavy atom. The van der Waals surface area contributed by atoms with Crippen LogP contribution in [0.5, 0.6) is 0 Å². The van der Waals surface area contributed by atoms with E-state index >= 15 is 0 Å². The Balaban J connectivity index is 2.52. The zero-order valence-corrected chi connectivity index (χ0v) is 8.24. The average molecular weight is 176 g/mol. The lowest BCUT2D eigenvalue weighted by Crippen LogP contribution is -2.43. The van der Waals surface area contributed by atoms with Gasteiger partial charge in [0.05, 0.1) is 6.10 Å². The molecule has 0 saturated carbocycles. The Labute approximate surface area is 71.5 Å². The van der Waals surface area contributed by atoms with Crippen molar-refractivity contribution in [2.45, 2.75) is 37.5 Å². The van der Waals surface area contributed by atoms with Gasteiger partial charge in [0.25, 0.3) is 0 Å². The van der Waals surface area contributed by atoms with Crippen molar-refractivity contribution >= 4 is 11.2 Å². The van der Waals surface area contributed by atoms with Gasteiger partial charge in [-0.2, -0.15) is 0 Å². The molecule has 0 bridgehead atoms. The fraction of sp³-hybridized carbons (Fsp3) is 1.00. The lowest BCUT2D eigenvalue weighted by molar-refractivity contribution is 0.0801. The molecule has 0 aliphatic carbocycles. The van der Waals surface area contributed by atoms with Crippen LogP contribution >= 0.6 is 0 Å². The molecule has 66 valence electrons. The van der Waals surface area contributed by atoms with E-state index in [2.05, 4.69) is 0 Å². The summed E-state index contributed by atoms with van der Waals surface area (Å²) in [5.41, 5.74) is 0. The minimum Gasteiger partial charge on any atom is -0.616 e. The first kappa shape index (κ1) is 9.36. The van der Waals surface area contributed by atoms with Crippen molar-refractivity contribution in [3.05, 3.63) is 0 Å². The topological polar surface area (TPSA) is 32.3 Å². The minimum absolute atomic E-state index is 0.0427. The summed E-state index contributed by atoms with van der Waals surface area (Å²) in [5.74, 6) is 0.797. The highest BCUT2D eigenvalue weighted by atomic mass is 32.2. The maximum Gasteiger partial charge on any atom is 0.122 e. The lowest BCUT2D eigenvalue weighted by atomic mass is 10.0. The van der Waals surface area contributed by atoms with Crippen molar-refractivity contribution in [1.82, 2.24) is 0 Å². The van der Waals surface area contributed by atoms with Crippen LogP contribution in [0.3, 0.4) is 0 Å². The summed E-state index contributed by atoms with van der Waals surface area (Å²) in [4.78, 5) is 0. The molecule has 1 heterocycles. The maximum atomic E-state index is 11.4. The highest BCUT2D eigenvalue weighted by molar-refractivity contribution is 7.92. The van der Waals surface area contributed by atoms with E-state index < -0.39 is 11.2 Å². The summed E-state index contributed by atoms with van der Waals surface area (Å²) in [6, 6.07) is 0. The number of hydrogen-bond acceptors (Lipinski definition) is 2. The molecule has 2 atom stereocenters. The fourth-order valence-corrected chi connectivity index (χ4v) is 2.86. The second kappa shape index (κ2) is 3.33. The molecule has 0 N–H and O–H groups in total. The van der Waals surface area contributed by atoms with Gasteiger partial charge in [-0.05, 0) is 25.0 Å². The van der Waals surface area contributed by atoms with Gasteiger partial charge in [0.2, 0.25) is 0 Å². The Bertz CT molecular complexity index is 136. The summed E-state index contributed by atoms with van der Waals surface area (Å²) in [5, 5.41) is 0. The van der Waals surface area contributed by atoms with E-state index in [4.69, 9.17) is 4.74 Å². The standard InChI is InChI=1S/C8H16O2S/c1-8(2)6-7(10-3)4-5-11(8)9/h7H,4-6H2,1-3H3. The van der Waals surface area contributed by atoms with Crippen LogP contribution < -0.4 is 0 Å². The van der Waals surface area contributed by atoms with Gasteiger partial charge in [-0.1, -0.05) is 0 Å². The van der Waals surface area contributed by atoms with E-state index in [0.717, 1.165) is 18.6 Å². The van der Waals surface area contributed by atoms with Crippen LogP contribution in [0.1, 0.15) is 26.7 Å². The maximum absolute atomic E-state index is 11.4. The zero-order valence-electron chi connectivity index (χ0n) is 7.42. The van der Waals surface area contributed by atoms with Crippen molar-refractivity contribution in [3.8, 4) is 0 Å². The van der Waals surface area contributed by atoms with Crippen LogP contribution in [0.2, 0.25) is 0 Å². The highest BCUT2D eigenvalue weighted by Gasteiger charge is 2.39. The molecule has 3 heteroatoms. The summed E-state index contributed by atoms with van der Waals surface area (Å²) < 4.78 is 16.6. The van der Waals surface area contributed by atoms with Gasteiger partial charge >= 0.3 is 0 Å². The molecule has 1 rings (SSSR count). The number of ether oxygens (including phenoxy) is 1. The molecule has 2 nitrogen and oxygen atoms in total. The van der Waals surface area contributed by atoms with Gasteiger partial charge in [-0.15, -0.1) is 0 Å². The van der Waals surface area contributed by atoms with Gasteiger partial charge in [0.15, 0.2) is 0 Å². The van der Waals surface area contributed by atoms with E-state index in [1.807, 2.05) is 13.8 Å². The summed E-state index contributed by atoms with van der Waals surface area (Å²) in [6.45, 7) is 4.10. The number of rotatable bonds is 1. The Hall–Kier alpha value is 0.270. The van der Waals surface area contributed by atoms with Crippen molar-refractivity contribution in [2.75, 3.05) is 12.9 Å². The molecule has 1 aliphatic rings. The Kier molecular flexibility index (Phi) is 2.84. The molecular weight excluding hydrogens is 160 g/mol. The first-order chi connectivity index (χ1) is 5.06. The van der Waals surface area contributed by atoms with Crippen LogP contribution in [0.15, 0.2) is 0 Å². The summed E-state index contributed by atoms with van der Waals surface area (Å²) >= 11 is -0.653. The number of methoxy groups -OCH3 is 1. The SMILES string of the molecule is COC1CC[S+]([O-])C(C)(C)C1. The van der Waals surface area contributed by atoms with Crippen LogP contribution in [0.25, 0.3) is 0 Å². The average Bonchev–Trinajstić information content (AvgIpc) is 1.95. The molecule has 11 heavy (non-hydrogen) atoms. The third kappa shape index (κ3) is 2.10.